The van der Waals surface area contributed by atoms with E-state index in [-0.39, 0.29) is 0 Å². The summed E-state index contributed by atoms with van der Waals surface area (Å²) in [6.45, 7) is 0. The molecule has 0 radical (unpaired) electrons. The maximum Gasteiger partial charge on any atom is 0.131 e. The molecule has 0 amide bonds. The lowest BCUT2D eigenvalue weighted by Gasteiger charge is -2.00. The highest BCUT2D eigenvalue weighted by Gasteiger charge is 2.13. The molecule has 1 aromatic carbocycles. The van der Waals surface area contributed by atoms with Crippen LogP contribution in [0.25, 0.3) is 21.9 Å². The van der Waals surface area contributed by atoms with Crippen LogP contribution in [0.15, 0.2) is 47.9 Å². The lowest BCUT2D eigenvalue weighted by molar-refractivity contribution is 1.31. The summed E-state index contributed by atoms with van der Waals surface area (Å²) in [5.41, 5.74) is 2.41. The van der Waals surface area contributed by atoms with Crippen LogP contribution in [0.5, 0.6) is 0 Å². The second-order valence-corrected chi connectivity index (χ2v) is 3.49. The summed E-state index contributed by atoms with van der Waals surface area (Å²) in [7, 11) is 0. The van der Waals surface area contributed by atoms with Crippen LogP contribution in [0.2, 0.25) is 0 Å². The average Bonchev–Trinajstić information content (AvgIpc) is 2.67. The predicted octanol–water partition coefficient (Wildman–Crippen LogP) is 3.67. The minimum absolute atomic E-state index is 0.462. The molecule has 0 bridgehead atoms. The Morgan fingerprint density at radius 1 is 1.07 bits per heavy atom. The van der Waals surface area contributed by atoms with E-state index in [0.29, 0.717) is 5.69 Å². The second-order valence-electron chi connectivity index (χ2n) is 3.49. The third-order valence-corrected chi connectivity index (χ3v) is 2.66. The molecule has 3 nitrogen and oxygen atoms in total. The van der Waals surface area contributed by atoms with E-state index in [1.54, 1.807) is 6.20 Å². The molecule has 0 saturated carbocycles. The van der Waals surface area contributed by atoms with Gasteiger partial charge in [-0.15, -0.1) is 4.91 Å². The fourth-order valence-electron chi connectivity index (χ4n) is 1.97. The number of hydrogen-bond acceptors (Lipinski definition) is 2. The maximum atomic E-state index is 10.6. The molecule has 1 heterocycles. The second kappa shape index (κ2) is 2.92. The normalized spacial score (nSPS) is 10.9. The Morgan fingerprint density at radius 2 is 1.93 bits per heavy atom. The summed E-state index contributed by atoms with van der Waals surface area (Å²) in [5.74, 6) is 0. The summed E-state index contributed by atoms with van der Waals surface area (Å²) >= 11 is 0. The van der Waals surface area contributed by atoms with Crippen LogP contribution in [-0.4, -0.2) is 4.98 Å². The number of pyridine rings is 1. The van der Waals surface area contributed by atoms with Gasteiger partial charge in [0.1, 0.15) is 5.69 Å². The molecule has 0 aromatic heterocycles. The largest absolute Gasteiger partial charge is 0.365 e. The van der Waals surface area contributed by atoms with Gasteiger partial charge in [0, 0.05) is 23.5 Å². The highest BCUT2D eigenvalue weighted by Crippen LogP contribution is 2.38. The molecule has 1 N–H and O–H groups in total. The molecule has 15 heavy (non-hydrogen) atoms. The van der Waals surface area contributed by atoms with Gasteiger partial charge in [0.05, 0.1) is 0 Å². The van der Waals surface area contributed by atoms with Crippen molar-refractivity contribution in [1.29, 1.82) is 0 Å². The number of nitroso groups, excluding NO2 is 1. The molecule has 3 heteroatoms. The first-order chi connectivity index (χ1) is 7.40. The van der Waals surface area contributed by atoms with E-state index in [4.69, 9.17) is 0 Å². The molecule has 72 valence electrons. The van der Waals surface area contributed by atoms with Gasteiger partial charge in [0.25, 0.3) is 0 Å². The van der Waals surface area contributed by atoms with Crippen molar-refractivity contribution in [3.8, 4) is 11.1 Å². The zero-order valence-corrected chi connectivity index (χ0v) is 7.90. The number of rotatable bonds is 1. The van der Waals surface area contributed by atoms with Gasteiger partial charge in [-0.05, 0) is 22.0 Å². The molecular formula is C12H8N2O. The lowest BCUT2D eigenvalue weighted by Crippen LogP contribution is -1.77. The van der Waals surface area contributed by atoms with E-state index in [1.807, 2.05) is 36.5 Å². The third kappa shape index (κ3) is 1.06. The van der Waals surface area contributed by atoms with E-state index < -0.39 is 0 Å². The summed E-state index contributed by atoms with van der Waals surface area (Å²) in [5, 5.41) is 5.30. The van der Waals surface area contributed by atoms with E-state index in [0.717, 1.165) is 21.9 Å². The highest BCUT2D eigenvalue weighted by atomic mass is 16.3. The Balaban J connectivity index is 2.50. The minimum Gasteiger partial charge on any atom is -0.365 e. The smallest absolute Gasteiger partial charge is 0.131 e. The molecular weight excluding hydrogens is 188 g/mol. The van der Waals surface area contributed by atoms with Crippen molar-refractivity contribution in [3.05, 3.63) is 47.6 Å². The van der Waals surface area contributed by atoms with E-state index >= 15 is 0 Å². The van der Waals surface area contributed by atoms with Gasteiger partial charge < -0.3 is 4.98 Å². The Hall–Kier alpha value is -2.16. The lowest BCUT2D eigenvalue weighted by atomic mass is 10.1. The number of nitrogens with zero attached hydrogens (tertiary/aromatic N) is 1. The standard InChI is InChI=1S/C12H8N2O/c15-14-12-7-13-6-11-9-4-2-1-3-8(9)5-10(11)12/h1-7,13H. The number of aromatic nitrogens is 1. The van der Waals surface area contributed by atoms with Crippen molar-refractivity contribution in [2.45, 2.75) is 0 Å². The molecule has 0 atom stereocenters. The Bertz CT molecular complexity index is 612. The number of hydrogen-bond donors (Lipinski definition) is 1. The third-order valence-electron chi connectivity index (χ3n) is 2.66. The first kappa shape index (κ1) is 8.17. The van der Waals surface area contributed by atoms with Crippen molar-refractivity contribution >= 4 is 16.5 Å². The fraction of sp³-hybridized carbons (Fsp3) is 0. The van der Waals surface area contributed by atoms with Gasteiger partial charge in [-0.3, -0.25) is 0 Å². The summed E-state index contributed by atoms with van der Waals surface area (Å²) in [4.78, 5) is 13.6. The quantitative estimate of drug-likeness (QED) is 0.593. The highest BCUT2D eigenvalue weighted by molar-refractivity contribution is 6.04. The molecule has 1 aliphatic carbocycles. The van der Waals surface area contributed by atoms with Crippen molar-refractivity contribution in [2.75, 3.05) is 0 Å². The zero-order valence-electron chi connectivity index (χ0n) is 7.90. The van der Waals surface area contributed by atoms with Crippen LogP contribution < -0.4 is 0 Å². The zero-order chi connectivity index (χ0) is 10.3. The van der Waals surface area contributed by atoms with Crippen LogP contribution in [-0.2, 0) is 0 Å². The summed E-state index contributed by atoms with van der Waals surface area (Å²) < 4.78 is 0. The SMILES string of the molecule is O=Nc1c[nH]cc2c3ccccc3cc1-2. The van der Waals surface area contributed by atoms with Gasteiger partial charge in [-0.1, -0.05) is 24.3 Å². The van der Waals surface area contributed by atoms with E-state index in [1.165, 1.54) is 0 Å². The monoisotopic (exact) mass is 196 g/mol. The van der Waals surface area contributed by atoms with Crippen LogP contribution in [0.3, 0.4) is 0 Å². The molecule has 3 rings (SSSR count). The van der Waals surface area contributed by atoms with Gasteiger partial charge >= 0.3 is 0 Å². The first-order valence-corrected chi connectivity index (χ1v) is 4.72. The Kier molecular flexibility index (Phi) is 1.59. The fourth-order valence-corrected chi connectivity index (χ4v) is 1.97. The van der Waals surface area contributed by atoms with Crippen molar-refractivity contribution in [2.24, 2.45) is 5.18 Å². The predicted molar refractivity (Wildman–Crippen MR) is 60.4 cm³/mol. The van der Waals surface area contributed by atoms with Gasteiger partial charge in [0.15, 0.2) is 0 Å². The number of nitrogens with one attached hydrogen (secondary N) is 1. The molecule has 1 aliphatic heterocycles. The van der Waals surface area contributed by atoms with Gasteiger partial charge in [-0.25, -0.2) is 0 Å². The van der Waals surface area contributed by atoms with Crippen molar-refractivity contribution in [1.82, 2.24) is 4.98 Å². The van der Waals surface area contributed by atoms with Gasteiger partial charge in [0.2, 0.25) is 0 Å². The van der Waals surface area contributed by atoms with Crippen LogP contribution in [0.4, 0.5) is 5.69 Å². The minimum atomic E-state index is 0.462. The van der Waals surface area contributed by atoms with Crippen LogP contribution >= 0.6 is 0 Å². The van der Waals surface area contributed by atoms with Gasteiger partial charge in [-0.2, -0.15) is 0 Å². The number of benzene rings is 1. The maximum absolute atomic E-state index is 10.6. The molecule has 1 aromatic rings. The number of aromatic amines is 1. The molecule has 2 aliphatic rings. The molecule has 0 saturated heterocycles. The van der Waals surface area contributed by atoms with Crippen molar-refractivity contribution < 1.29 is 0 Å². The first-order valence-electron chi connectivity index (χ1n) is 4.72. The van der Waals surface area contributed by atoms with E-state index in [9.17, 15) is 4.91 Å². The average molecular weight is 196 g/mol. The number of H-pyrrole nitrogens is 1. The summed E-state index contributed by atoms with van der Waals surface area (Å²) in [6.07, 6.45) is 3.51. The summed E-state index contributed by atoms with van der Waals surface area (Å²) in [6, 6.07) is 10.0. The molecule has 0 spiro atoms. The molecule has 0 unspecified atom stereocenters. The van der Waals surface area contributed by atoms with Crippen LogP contribution in [0.1, 0.15) is 0 Å². The topological polar surface area (TPSA) is 45.2 Å². The van der Waals surface area contributed by atoms with Crippen molar-refractivity contribution in [3.63, 3.8) is 0 Å². The Morgan fingerprint density at radius 3 is 2.80 bits per heavy atom. The van der Waals surface area contributed by atoms with E-state index in [2.05, 4.69) is 10.2 Å². The Labute approximate surface area is 86.1 Å². The van der Waals surface area contributed by atoms with Crippen LogP contribution in [0, 0.1) is 4.91 Å². The number of fused-ring (bicyclic) bond motifs is 3. The molecule has 0 fully saturated rings.